The molecule has 3 heteroatoms. The number of carbonyl (C=O) groups is 1. The van der Waals surface area contributed by atoms with Crippen LogP contribution >= 0.6 is 7.26 Å². The van der Waals surface area contributed by atoms with E-state index < -0.39 is 7.26 Å². The molecule has 0 unspecified atom stereocenters. The number of ether oxygens (including phenoxy) is 1. The van der Waals surface area contributed by atoms with E-state index in [1.54, 1.807) is 13.1 Å². The maximum atomic E-state index is 11.3. The molecule has 0 spiro atoms. The Balaban J connectivity index is 3.24. The van der Waals surface area contributed by atoms with Crippen LogP contribution in [-0.2, 0) is 9.53 Å². The van der Waals surface area contributed by atoms with Gasteiger partial charge in [-0.3, -0.25) is 0 Å². The van der Waals surface area contributed by atoms with Gasteiger partial charge in [0.05, 0.1) is 6.61 Å². The van der Waals surface area contributed by atoms with E-state index in [2.05, 4.69) is 27.4 Å². The molecule has 31 heavy (non-hydrogen) atoms. The van der Waals surface area contributed by atoms with E-state index in [4.69, 9.17) is 4.74 Å². The number of esters is 1. The molecule has 0 aromatic carbocycles. The van der Waals surface area contributed by atoms with Crippen LogP contribution in [0.2, 0.25) is 0 Å². The SMILES string of the molecule is C=C(C)C(=O)OCCCCCCCCCCCCCCCCCC[PH](CC)(CC)CC. The Kier molecular flexibility index (Phi) is 21.2. The number of rotatable bonds is 23. The number of unbranched alkanes of at least 4 members (excludes halogenated alkanes) is 15. The molecule has 0 aliphatic rings. The first-order valence-electron chi connectivity index (χ1n) is 13.8. The average Bonchev–Trinajstić information content (AvgIpc) is 2.78. The van der Waals surface area contributed by atoms with Crippen LogP contribution < -0.4 is 0 Å². The summed E-state index contributed by atoms with van der Waals surface area (Å²) in [6, 6.07) is 0. The van der Waals surface area contributed by atoms with E-state index >= 15 is 0 Å². The van der Waals surface area contributed by atoms with Gasteiger partial charge in [-0.1, -0.05) is 32.3 Å². The van der Waals surface area contributed by atoms with Crippen LogP contribution in [0.1, 0.15) is 130 Å². The third-order valence-corrected chi connectivity index (χ3v) is 13.3. The zero-order valence-corrected chi connectivity index (χ0v) is 22.9. The Morgan fingerprint density at radius 1 is 0.613 bits per heavy atom. The standard InChI is InChI=1S/C28H57O2P/c1-6-31(7-2,8-3)26-24-22-20-18-16-14-12-10-9-11-13-15-17-19-21-23-25-30-28(29)27(4)5/h31H,4,6-26H2,1-3,5H3. The van der Waals surface area contributed by atoms with Crippen LogP contribution in [0.5, 0.6) is 0 Å². The van der Waals surface area contributed by atoms with Crippen LogP contribution in [0.4, 0.5) is 0 Å². The van der Waals surface area contributed by atoms with Gasteiger partial charge in [0.2, 0.25) is 0 Å². The van der Waals surface area contributed by atoms with E-state index in [1.165, 1.54) is 115 Å². The van der Waals surface area contributed by atoms with Crippen molar-refractivity contribution in [2.24, 2.45) is 0 Å². The Morgan fingerprint density at radius 2 is 0.935 bits per heavy atom. The van der Waals surface area contributed by atoms with Crippen molar-refractivity contribution in [3.8, 4) is 0 Å². The zero-order valence-electron chi connectivity index (χ0n) is 21.9. The van der Waals surface area contributed by atoms with E-state index in [9.17, 15) is 4.79 Å². The van der Waals surface area contributed by atoms with E-state index in [0.717, 1.165) is 6.42 Å². The number of hydrogen-bond donors (Lipinski definition) is 0. The van der Waals surface area contributed by atoms with Gasteiger partial charge in [-0.15, -0.1) is 0 Å². The minimum atomic E-state index is -0.854. The van der Waals surface area contributed by atoms with Gasteiger partial charge in [-0.05, 0) is 13.3 Å². The van der Waals surface area contributed by atoms with E-state index in [1.807, 2.05) is 0 Å². The first-order chi connectivity index (χ1) is 15.0. The molecule has 0 radical (unpaired) electrons. The number of carbonyl (C=O) groups excluding carboxylic acids is 1. The summed E-state index contributed by atoms with van der Waals surface area (Å²) < 4.78 is 5.12. The van der Waals surface area contributed by atoms with Crippen molar-refractivity contribution in [2.45, 2.75) is 130 Å². The summed E-state index contributed by atoms with van der Waals surface area (Å²) in [5, 5.41) is 0. The molecule has 0 aromatic heterocycles. The molecule has 186 valence electrons. The predicted molar refractivity (Wildman–Crippen MR) is 144 cm³/mol. The Labute approximate surface area is 196 Å². The molecule has 0 N–H and O–H groups in total. The summed E-state index contributed by atoms with van der Waals surface area (Å²) in [5.41, 5.74) is 0.494. The fraction of sp³-hybridized carbons (Fsp3) is 0.893. The quantitative estimate of drug-likeness (QED) is 0.0663. The monoisotopic (exact) mass is 456 g/mol. The van der Waals surface area contributed by atoms with Crippen LogP contribution in [-0.4, -0.2) is 37.2 Å². The van der Waals surface area contributed by atoms with Gasteiger partial charge in [-0.25, -0.2) is 4.79 Å². The fourth-order valence-corrected chi connectivity index (χ4v) is 8.21. The van der Waals surface area contributed by atoms with Crippen LogP contribution in [0, 0.1) is 0 Å². The van der Waals surface area contributed by atoms with Gasteiger partial charge in [0, 0.05) is 5.57 Å². The van der Waals surface area contributed by atoms with Gasteiger partial charge in [0.15, 0.2) is 0 Å². The molecule has 0 fully saturated rings. The third kappa shape index (κ3) is 17.8. The Hall–Kier alpha value is -0.360. The van der Waals surface area contributed by atoms with Crippen LogP contribution in [0.25, 0.3) is 0 Å². The van der Waals surface area contributed by atoms with Gasteiger partial charge in [0.1, 0.15) is 0 Å². The molecule has 0 saturated carbocycles. The van der Waals surface area contributed by atoms with E-state index in [-0.39, 0.29) is 5.97 Å². The van der Waals surface area contributed by atoms with Crippen molar-refractivity contribution in [3.63, 3.8) is 0 Å². The summed E-state index contributed by atoms with van der Waals surface area (Å²) >= 11 is 0. The predicted octanol–water partition coefficient (Wildman–Crippen LogP) is 9.16. The molecule has 0 aliphatic carbocycles. The second kappa shape index (κ2) is 21.5. The molecule has 0 rings (SSSR count). The van der Waals surface area contributed by atoms with Crippen molar-refractivity contribution in [2.75, 3.05) is 31.3 Å². The van der Waals surface area contributed by atoms with E-state index in [0.29, 0.717) is 12.2 Å². The van der Waals surface area contributed by atoms with Gasteiger partial charge < -0.3 is 4.74 Å². The maximum absolute atomic E-state index is 11.3. The minimum absolute atomic E-state index is 0.251. The zero-order chi connectivity index (χ0) is 23.2. The summed E-state index contributed by atoms with van der Waals surface area (Å²) in [4.78, 5) is 11.3. The van der Waals surface area contributed by atoms with Gasteiger partial charge in [-0.2, -0.15) is 0 Å². The molecule has 0 heterocycles. The Bertz CT molecular complexity index is 420. The molecule has 0 bridgehead atoms. The summed E-state index contributed by atoms with van der Waals surface area (Å²) in [6.45, 7) is 13.2. The molecular formula is C28H57O2P. The molecule has 0 aromatic rings. The topological polar surface area (TPSA) is 26.3 Å². The van der Waals surface area contributed by atoms with Crippen LogP contribution in [0.3, 0.4) is 0 Å². The van der Waals surface area contributed by atoms with Crippen molar-refractivity contribution in [1.82, 2.24) is 0 Å². The molecule has 0 aliphatic heterocycles. The summed E-state index contributed by atoms with van der Waals surface area (Å²) in [7, 11) is -0.854. The van der Waals surface area contributed by atoms with Crippen molar-refractivity contribution in [3.05, 3.63) is 12.2 Å². The molecule has 0 saturated heterocycles. The Morgan fingerprint density at radius 3 is 1.26 bits per heavy atom. The van der Waals surface area contributed by atoms with Crippen molar-refractivity contribution < 1.29 is 9.53 Å². The van der Waals surface area contributed by atoms with Crippen molar-refractivity contribution >= 4 is 13.2 Å². The molecule has 0 amide bonds. The fourth-order valence-electron chi connectivity index (χ4n) is 4.65. The second-order valence-corrected chi connectivity index (χ2v) is 15.5. The van der Waals surface area contributed by atoms with Crippen LogP contribution in [0.15, 0.2) is 12.2 Å². The molecular weight excluding hydrogens is 399 g/mol. The average molecular weight is 457 g/mol. The summed E-state index contributed by atoms with van der Waals surface area (Å²) in [6.07, 6.45) is 28.1. The van der Waals surface area contributed by atoms with Gasteiger partial charge in [0.25, 0.3) is 0 Å². The number of hydrogen-bond acceptors (Lipinski definition) is 2. The third-order valence-electron chi connectivity index (χ3n) is 7.43. The molecule has 0 atom stereocenters. The normalized spacial score (nSPS) is 12.1. The second-order valence-electron chi connectivity index (χ2n) is 9.88. The summed E-state index contributed by atoms with van der Waals surface area (Å²) in [5.74, 6) is -0.251. The first-order valence-corrected chi connectivity index (χ1v) is 16.7. The first kappa shape index (κ1) is 30.6. The van der Waals surface area contributed by atoms with Gasteiger partial charge >= 0.3 is 129 Å². The molecule has 2 nitrogen and oxygen atoms in total. The van der Waals surface area contributed by atoms with Crippen molar-refractivity contribution in [1.29, 1.82) is 0 Å².